The first-order valence-electron chi connectivity index (χ1n) is 8.48. The van der Waals surface area contributed by atoms with Gasteiger partial charge in [-0.3, -0.25) is 9.59 Å². The molecule has 1 aromatic heterocycles. The molecule has 2 nitrogen and oxygen atoms in total. The number of rotatable bonds is 0. The molecule has 0 fully saturated rings. The highest BCUT2D eigenvalue weighted by molar-refractivity contribution is 7.07. The minimum absolute atomic E-state index is 0.00468. The van der Waals surface area contributed by atoms with Gasteiger partial charge in [0.1, 0.15) is 0 Å². The second-order valence-corrected chi connectivity index (χ2v) is 7.67. The van der Waals surface area contributed by atoms with Crippen molar-refractivity contribution < 1.29 is 0 Å². The largest absolute Gasteiger partial charge is 0.288 e. The van der Waals surface area contributed by atoms with Crippen LogP contribution in [0.15, 0.2) is 70.3 Å². The minimum atomic E-state index is -0.0804. The summed E-state index contributed by atoms with van der Waals surface area (Å²) in [5.74, 6) is 0. The van der Waals surface area contributed by atoms with Gasteiger partial charge < -0.3 is 0 Å². The molecule has 2 heterocycles. The molecule has 0 radical (unpaired) electrons. The Morgan fingerprint density at radius 3 is 2.27 bits per heavy atom. The van der Waals surface area contributed by atoms with Gasteiger partial charge in [0.25, 0.3) is 0 Å². The fraction of sp³-hybridized carbons (Fsp3) is 0.0435. The van der Waals surface area contributed by atoms with E-state index in [-0.39, 0.29) is 10.9 Å². The highest BCUT2D eigenvalue weighted by atomic mass is 32.1. The molecule has 2 aromatic carbocycles. The molecule has 5 bridgehead atoms. The lowest BCUT2D eigenvalue weighted by atomic mass is 9.96. The Morgan fingerprint density at radius 1 is 0.731 bits per heavy atom. The third kappa shape index (κ3) is 2.49. The molecule has 5 rings (SSSR count). The smallest absolute Gasteiger partial charge is 0.199 e. The van der Waals surface area contributed by atoms with Gasteiger partial charge in [0.05, 0.1) is 9.06 Å². The fourth-order valence-electron chi connectivity index (χ4n) is 3.49. The Bertz CT molecular complexity index is 1400. The molecule has 2 aliphatic rings. The molecule has 1 aliphatic heterocycles. The quantitative estimate of drug-likeness (QED) is 0.428. The normalized spacial score (nSPS) is 12.6. The van der Waals surface area contributed by atoms with Crippen molar-refractivity contribution in [1.29, 1.82) is 0 Å². The van der Waals surface area contributed by atoms with E-state index in [2.05, 4.69) is 6.07 Å². The van der Waals surface area contributed by atoms with E-state index < -0.39 is 0 Å². The van der Waals surface area contributed by atoms with Crippen LogP contribution in [0.5, 0.6) is 0 Å². The molecule has 0 atom stereocenters. The number of fused-ring (bicyclic) bond motifs is 5. The zero-order valence-corrected chi connectivity index (χ0v) is 14.7. The SMILES string of the molecule is O=c1ccc2ccc3cc2cc(c(=O)c2sc1=Cc1ccccc1C=2)C3. The summed E-state index contributed by atoms with van der Waals surface area (Å²) in [6.07, 6.45) is 4.42. The van der Waals surface area contributed by atoms with E-state index in [9.17, 15) is 9.59 Å². The Balaban J connectivity index is 2.08. The van der Waals surface area contributed by atoms with E-state index in [0.29, 0.717) is 15.5 Å². The van der Waals surface area contributed by atoms with Crippen LogP contribution in [0.2, 0.25) is 0 Å². The van der Waals surface area contributed by atoms with Crippen LogP contribution in [-0.2, 0) is 6.42 Å². The highest BCUT2D eigenvalue weighted by Crippen LogP contribution is 2.20. The van der Waals surface area contributed by atoms with Crippen LogP contribution < -0.4 is 19.9 Å². The predicted molar refractivity (Wildman–Crippen MR) is 108 cm³/mol. The first-order chi connectivity index (χ1) is 12.7. The van der Waals surface area contributed by atoms with Crippen molar-refractivity contribution in [2.45, 2.75) is 6.42 Å². The van der Waals surface area contributed by atoms with Crippen molar-refractivity contribution in [1.82, 2.24) is 0 Å². The van der Waals surface area contributed by atoms with Crippen molar-refractivity contribution in [2.24, 2.45) is 0 Å². The maximum Gasteiger partial charge on any atom is 0.199 e. The van der Waals surface area contributed by atoms with Gasteiger partial charge in [-0.15, -0.1) is 11.3 Å². The van der Waals surface area contributed by atoms with Crippen LogP contribution in [-0.4, -0.2) is 0 Å². The summed E-state index contributed by atoms with van der Waals surface area (Å²) in [7, 11) is 0. The third-order valence-corrected chi connectivity index (χ3v) is 5.90. The number of hydrogen-bond donors (Lipinski definition) is 0. The maximum atomic E-state index is 13.3. The molecule has 3 heteroatoms. The minimum Gasteiger partial charge on any atom is -0.288 e. The first kappa shape index (κ1) is 15.2. The van der Waals surface area contributed by atoms with Gasteiger partial charge in [-0.25, -0.2) is 0 Å². The lowest BCUT2D eigenvalue weighted by Crippen LogP contribution is -2.28. The van der Waals surface area contributed by atoms with E-state index in [0.717, 1.165) is 33.0 Å². The average Bonchev–Trinajstić information content (AvgIpc) is 2.85. The summed E-state index contributed by atoms with van der Waals surface area (Å²) >= 11 is 1.27. The van der Waals surface area contributed by atoms with E-state index in [4.69, 9.17) is 0 Å². The van der Waals surface area contributed by atoms with Gasteiger partial charge in [0.15, 0.2) is 10.9 Å². The summed E-state index contributed by atoms with van der Waals surface area (Å²) < 4.78 is 1.17. The predicted octanol–water partition coefficient (Wildman–Crippen LogP) is 2.62. The third-order valence-electron chi connectivity index (χ3n) is 4.84. The summed E-state index contributed by atoms with van der Waals surface area (Å²) in [5.41, 5.74) is 3.75. The molecule has 124 valence electrons. The Hall–Kier alpha value is -3.04. The lowest BCUT2D eigenvalue weighted by Gasteiger charge is -2.07. The maximum absolute atomic E-state index is 13.3. The average molecular weight is 354 g/mol. The fourth-order valence-corrected chi connectivity index (χ4v) is 4.49. The summed E-state index contributed by atoms with van der Waals surface area (Å²) in [5, 5.41) is 1.96. The second-order valence-electron chi connectivity index (χ2n) is 6.58. The Labute approximate surface area is 153 Å². The van der Waals surface area contributed by atoms with Crippen molar-refractivity contribution in [3.63, 3.8) is 0 Å². The summed E-state index contributed by atoms with van der Waals surface area (Å²) in [4.78, 5) is 26.0. The zero-order chi connectivity index (χ0) is 17.7. The Kier molecular flexibility index (Phi) is 3.37. The van der Waals surface area contributed by atoms with Crippen LogP contribution in [0, 0.1) is 0 Å². The zero-order valence-electron chi connectivity index (χ0n) is 13.9. The van der Waals surface area contributed by atoms with Gasteiger partial charge in [-0.1, -0.05) is 48.5 Å². The monoisotopic (exact) mass is 354 g/mol. The lowest BCUT2D eigenvalue weighted by molar-refractivity contribution is 1.16. The molecule has 0 N–H and O–H groups in total. The highest BCUT2D eigenvalue weighted by Gasteiger charge is 2.09. The van der Waals surface area contributed by atoms with Crippen molar-refractivity contribution in [2.75, 3.05) is 0 Å². The van der Waals surface area contributed by atoms with Gasteiger partial charge in [0.2, 0.25) is 0 Å². The molecule has 3 aromatic rings. The standard InChI is InChI=1S/C23H14O2S/c24-20-8-7-15-6-5-14-9-18(15)11-19(10-14)23(25)22-13-17-4-2-1-3-16(17)12-21(20)26-22/h1-9,11-13H,10H2. The van der Waals surface area contributed by atoms with Crippen LogP contribution >= 0.6 is 11.3 Å². The molecule has 1 aliphatic carbocycles. The van der Waals surface area contributed by atoms with Crippen LogP contribution in [0.25, 0.3) is 22.9 Å². The molecule has 0 saturated carbocycles. The van der Waals surface area contributed by atoms with Gasteiger partial charge >= 0.3 is 0 Å². The van der Waals surface area contributed by atoms with Gasteiger partial charge in [-0.2, -0.15) is 0 Å². The van der Waals surface area contributed by atoms with Crippen molar-refractivity contribution >= 4 is 34.3 Å². The molecule has 0 amide bonds. The molecule has 26 heavy (non-hydrogen) atoms. The van der Waals surface area contributed by atoms with Crippen LogP contribution in [0.1, 0.15) is 22.3 Å². The summed E-state index contributed by atoms with van der Waals surface area (Å²) in [6, 6.07) is 19.4. The van der Waals surface area contributed by atoms with Crippen LogP contribution in [0.3, 0.4) is 0 Å². The van der Waals surface area contributed by atoms with Crippen molar-refractivity contribution in [3.8, 4) is 0 Å². The number of benzene rings is 2. The molecule has 0 unspecified atom stereocenters. The van der Waals surface area contributed by atoms with Crippen molar-refractivity contribution in [3.05, 3.63) is 112 Å². The van der Waals surface area contributed by atoms with Gasteiger partial charge in [-0.05, 0) is 51.7 Å². The van der Waals surface area contributed by atoms with E-state index in [1.54, 1.807) is 6.07 Å². The number of hydrogen-bond acceptors (Lipinski definition) is 3. The second kappa shape index (κ2) is 5.75. The van der Waals surface area contributed by atoms with E-state index in [1.165, 1.54) is 11.3 Å². The molecule has 0 spiro atoms. The van der Waals surface area contributed by atoms with Gasteiger partial charge in [0, 0.05) is 12.0 Å². The summed E-state index contributed by atoms with van der Waals surface area (Å²) in [6.45, 7) is 0. The van der Waals surface area contributed by atoms with Crippen LogP contribution in [0.4, 0.5) is 0 Å². The Morgan fingerprint density at radius 2 is 1.46 bits per heavy atom. The topological polar surface area (TPSA) is 34.1 Å². The van der Waals surface area contributed by atoms with E-state index in [1.807, 2.05) is 60.7 Å². The molecule has 0 saturated heterocycles. The van der Waals surface area contributed by atoms with E-state index >= 15 is 0 Å². The molecular formula is C23H14O2S. The molecular weight excluding hydrogens is 340 g/mol. The first-order valence-corrected chi connectivity index (χ1v) is 9.30.